The van der Waals surface area contributed by atoms with Gasteiger partial charge in [0.2, 0.25) is 0 Å². The van der Waals surface area contributed by atoms with Crippen LogP contribution in [0.25, 0.3) is 0 Å². The van der Waals surface area contributed by atoms with Gasteiger partial charge >= 0.3 is 0 Å². The van der Waals surface area contributed by atoms with Gasteiger partial charge < -0.3 is 10.1 Å². The van der Waals surface area contributed by atoms with Crippen molar-refractivity contribution in [2.75, 3.05) is 26.7 Å². The average Bonchev–Trinajstić information content (AvgIpc) is 2.79. The fourth-order valence-electron chi connectivity index (χ4n) is 2.91. The van der Waals surface area contributed by atoms with E-state index in [1.807, 2.05) is 18.4 Å². The first-order valence-electron chi connectivity index (χ1n) is 8.12. The number of rotatable bonds is 7. The molecule has 0 aromatic carbocycles. The summed E-state index contributed by atoms with van der Waals surface area (Å²) >= 11 is 1.94. The van der Waals surface area contributed by atoms with Crippen molar-refractivity contribution in [2.45, 2.75) is 52.8 Å². The third-order valence-electron chi connectivity index (χ3n) is 4.11. The number of hydrogen-bond donors (Lipinski definition) is 1. The van der Waals surface area contributed by atoms with Crippen molar-refractivity contribution in [2.24, 2.45) is 5.92 Å². The van der Waals surface area contributed by atoms with Crippen LogP contribution in [0, 0.1) is 12.8 Å². The Bertz CT molecular complexity index is 430. The van der Waals surface area contributed by atoms with E-state index >= 15 is 0 Å². The van der Waals surface area contributed by atoms with Gasteiger partial charge in [0.15, 0.2) is 0 Å². The monoisotopic (exact) mass is 310 g/mol. The molecule has 1 aromatic rings. The minimum absolute atomic E-state index is 0.421. The van der Waals surface area contributed by atoms with Gasteiger partial charge in [0.25, 0.3) is 0 Å². The lowest BCUT2D eigenvalue weighted by Crippen LogP contribution is -2.38. The Kier molecular flexibility index (Phi) is 6.68. The molecule has 120 valence electrons. The van der Waals surface area contributed by atoms with Crippen LogP contribution in [0.4, 0.5) is 0 Å². The van der Waals surface area contributed by atoms with Crippen LogP contribution in [0.5, 0.6) is 0 Å². The van der Waals surface area contributed by atoms with Crippen molar-refractivity contribution in [1.29, 1.82) is 0 Å². The van der Waals surface area contributed by atoms with Crippen LogP contribution in [0.2, 0.25) is 0 Å². The minimum Gasteiger partial charge on any atom is -0.380 e. The van der Waals surface area contributed by atoms with Gasteiger partial charge in [-0.3, -0.25) is 4.90 Å². The molecule has 0 spiro atoms. The van der Waals surface area contributed by atoms with E-state index in [-0.39, 0.29) is 0 Å². The number of ether oxygens (including phenoxy) is 1. The molecule has 1 atom stereocenters. The molecular formula is C17H30N2OS. The first-order valence-corrected chi connectivity index (χ1v) is 8.94. The lowest BCUT2D eigenvalue weighted by Gasteiger charge is -2.31. The summed E-state index contributed by atoms with van der Waals surface area (Å²) in [6.45, 7) is 12.2. The molecule has 4 heteroatoms. The van der Waals surface area contributed by atoms with Crippen LogP contribution in [-0.2, 0) is 17.8 Å². The van der Waals surface area contributed by atoms with Crippen LogP contribution >= 0.6 is 11.3 Å². The van der Waals surface area contributed by atoms with Gasteiger partial charge in [0.05, 0.1) is 6.10 Å². The van der Waals surface area contributed by atoms with Crippen LogP contribution in [0.3, 0.4) is 0 Å². The van der Waals surface area contributed by atoms with E-state index in [1.165, 1.54) is 34.7 Å². The van der Waals surface area contributed by atoms with Crippen molar-refractivity contribution in [3.05, 3.63) is 21.4 Å². The molecule has 0 aliphatic carbocycles. The van der Waals surface area contributed by atoms with Crippen molar-refractivity contribution in [3.63, 3.8) is 0 Å². The highest BCUT2D eigenvalue weighted by atomic mass is 32.1. The molecule has 0 radical (unpaired) electrons. The zero-order valence-electron chi connectivity index (χ0n) is 13.9. The van der Waals surface area contributed by atoms with Gasteiger partial charge in [0.1, 0.15) is 0 Å². The molecule has 1 aliphatic rings. The van der Waals surface area contributed by atoms with Crippen LogP contribution < -0.4 is 5.32 Å². The largest absolute Gasteiger partial charge is 0.380 e. The number of nitrogens with one attached hydrogen (secondary N) is 1. The number of likely N-dealkylation sites (tertiary alicyclic amines) is 1. The van der Waals surface area contributed by atoms with E-state index < -0.39 is 0 Å². The van der Waals surface area contributed by atoms with Gasteiger partial charge in [-0.2, -0.15) is 0 Å². The van der Waals surface area contributed by atoms with E-state index in [2.05, 4.69) is 37.1 Å². The first-order chi connectivity index (χ1) is 10.1. The summed E-state index contributed by atoms with van der Waals surface area (Å²) in [6, 6.07) is 2.39. The standard InChI is InChI=1S/C17H30N2OS/c1-13(2)9-18-10-17-8-15(14(3)21-17)11-19-7-5-6-16(12-19)20-4/h8,13,16,18H,5-7,9-12H2,1-4H3. The predicted molar refractivity (Wildman–Crippen MR) is 90.9 cm³/mol. The van der Waals surface area contributed by atoms with Crippen molar-refractivity contribution >= 4 is 11.3 Å². The number of thiophene rings is 1. The van der Waals surface area contributed by atoms with Crippen molar-refractivity contribution < 1.29 is 4.74 Å². The average molecular weight is 311 g/mol. The zero-order chi connectivity index (χ0) is 15.2. The third-order valence-corrected chi connectivity index (χ3v) is 5.21. The Morgan fingerprint density at radius 2 is 2.29 bits per heavy atom. The Balaban J connectivity index is 1.86. The molecule has 0 amide bonds. The predicted octanol–water partition coefficient (Wildman–Crippen LogP) is 3.41. The molecule has 2 heterocycles. The number of piperidine rings is 1. The smallest absolute Gasteiger partial charge is 0.0698 e. The fourth-order valence-corrected chi connectivity index (χ4v) is 3.93. The van der Waals surface area contributed by atoms with Crippen LogP contribution in [-0.4, -0.2) is 37.7 Å². The molecular weight excluding hydrogens is 280 g/mol. The van der Waals surface area contributed by atoms with Crippen LogP contribution in [0.1, 0.15) is 42.0 Å². The molecule has 1 fully saturated rings. The first kappa shape index (κ1) is 16.9. The topological polar surface area (TPSA) is 24.5 Å². The molecule has 3 nitrogen and oxygen atoms in total. The number of hydrogen-bond acceptors (Lipinski definition) is 4. The van der Waals surface area contributed by atoms with Crippen molar-refractivity contribution in [3.8, 4) is 0 Å². The second-order valence-corrected chi connectivity index (χ2v) is 7.89. The maximum atomic E-state index is 5.52. The van der Waals surface area contributed by atoms with E-state index in [9.17, 15) is 0 Å². The Morgan fingerprint density at radius 1 is 1.48 bits per heavy atom. The van der Waals surface area contributed by atoms with Gasteiger partial charge in [-0.25, -0.2) is 0 Å². The van der Waals surface area contributed by atoms with Crippen LogP contribution in [0.15, 0.2) is 6.07 Å². The van der Waals surface area contributed by atoms with E-state index in [0.717, 1.165) is 26.2 Å². The molecule has 1 unspecified atom stereocenters. The second kappa shape index (κ2) is 8.28. The van der Waals surface area contributed by atoms with Crippen molar-refractivity contribution in [1.82, 2.24) is 10.2 Å². The van der Waals surface area contributed by atoms with Gasteiger partial charge in [-0.05, 0) is 50.4 Å². The van der Waals surface area contributed by atoms with E-state index in [4.69, 9.17) is 4.74 Å². The molecule has 0 saturated carbocycles. The summed E-state index contributed by atoms with van der Waals surface area (Å²) in [6.07, 6.45) is 2.88. The summed E-state index contributed by atoms with van der Waals surface area (Å²) in [7, 11) is 1.84. The van der Waals surface area contributed by atoms with Gasteiger partial charge in [-0.15, -0.1) is 11.3 Å². The maximum Gasteiger partial charge on any atom is 0.0698 e. The molecule has 1 aliphatic heterocycles. The molecule has 21 heavy (non-hydrogen) atoms. The summed E-state index contributed by atoms with van der Waals surface area (Å²) in [5.74, 6) is 0.713. The number of methoxy groups -OCH3 is 1. The number of aryl methyl sites for hydroxylation is 1. The number of nitrogens with zero attached hydrogens (tertiary/aromatic N) is 1. The van der Waals surface area contributed by atoms with Gasteiger partial charge in [-0.1, -0.05) is 13.8 Å². The normalized spacial score (nSPS) is 20.3. The molecule has 1 N–H and O–H groups in total. The van der Waals surface area contributed by atoms with E-state index in [0.29, 0.717) is 12.0 Å². The third kappa shape index (κ3) is 5.37. The Labute approximate surface area is 133 Å². The fraction of sp³-hybridized carbons (Fsp3) is 0.765. The Hall–Kier alpha value is -0.420. The SMILES string of the molecule is COC1CCCN(Cc2cc(CNCC(C)C)sc2C)C1. The summed E-state index contributed by atoms with van der Waals surface area (Å²) < 4.78 is 5.52. The molecule has 0 bridgehead atoms. The van der Waals surface area contributed by atoms with E-state index in [1.54, 1.807) is 0 Å². The Morgan fingerprint density at radius 3 is 3.00 bits per heavy atom. The molecule has 1 aromatic heterocycles. The highest BCUT2D eigenvalue weighted by Gasteiger charge is 2.20. The summed E-state index contributed by atoms with van der Waals surface area (Å²) in [4.78, 5) is 5.47. The lowest BCUT2D eigenvalue weighted by molar-refractivity contribution is 0.0285. The quantitative estimate of drug-likeness (QED) is 0.835. The highest BCUT2D eigenvalue weighted by Crippen LogP contribution is 2.24. The summed E-state index contributed by atoms with van der Waals surface area (Å²) in [5, 5.41) is 3.54. The molecule has 1 saturated heterocycles. The second-order valence-electron chi connectivity index (χ2n) is 6.55. The minimum atomic E-state index is 0.421. The maximum absolute atomic E-state index is 5.52. The lowest BCUT2D eigenvalue weighted by atomic mass is 10.1. The zero-order valence-corrected chi connectivity index (χ0v) is 14.8. The van der Waals surface area contributed by atoms with Gasteiger partial charge in [0, 0.05) is 36.5 Å². The highest BCUT2D eigenvalue weighted by molar-refractivity contribution is 7.12. The summed E-state index contributed by atoms with van der Waals surface area (Å²) in [5.41, 5.74) is 1.50. The molecule has 2 rings (SSSR count).